The molecule has 0 saturated heterocycles. The quantitative estimate of drug-likeness (QED) is 0.522. The van der Waals surface area contributed by atoms with Crippen LogP contribution in [0.4, 0.5) is 0 Å². The average Bonchev–Trinajstić information content (AvgIpc) is 2.10. The van der Waals surface area contributed by atoms with E-state index in [4.69, 9.17) is 14.7 Å². The number of nitriles is 1. The van der Waals surface area contributed by atoms with Crippen molar-refractivity contribution >= 4 is 0 Å². The number of hydrogen-bond acceptors (Lipinski definition) is 3. The van der Waals surface area contributed by atoms with Gasteiger partial charge in [0.2, 0.25) is 0 Å². The number of ether oxygens (including phenoxy) is 2. The molecule has 0 aromatic heterocycles. The van der Waals surface area contributed by atoms with Crippen LogP contribution in [0.2, 0.25) is 0 Å². The highest BCUT2D eigenvalue weighted by molar-refractivity contribution is 4.67. The van der Waals surface area contributed by atoms with Gasteiger partial charge >= 0.3 is 0 Å². The Labute approximate surface area is 74.3 Å². The molecule has 0 spiro atoms. The molecule has 12 heavy (non-hydrogen) atoms. The minimum Gasteiger partial charge on any atom is -0.379 e. The second-order valence-electron chi connectivity index (χ2n) is 2.49. The summed E-state index contributed by atoms with van der Waals surface area (Å²) in [4.78, 5) is 0. The van der Waals surface area contributed by atoms with Gasteiger partial charge < -0.3 is 9.47 Å². The zero-order chi connectivity index (χ0) is 9.07. The van der Waals surface area contributed by atoms with E-state index in [-0.39, 0.29) is 0 Å². The number of nitrogens with zero attached hydrogens (tertiary/aromatic N) is 1. The monoisotopic (exact) mass is 171 g/mol. The van der Waals surface area contributed by atoms with Gasteiger partial charge in [-0.05, 0) is 12.8 Å². The van der Waals surface area contributed by atoms with Crippen LogP contribution in [0.3, 0.4) is 0 Å². The molecule has 0 N–H and O–H groups in total. The number of hydrogen-bond donors (Lipinski definition) is 0. The molecular weight excluding hydrogens is 154 g/mol. The van der Waals surface area contributed by atoms with E-state index < -0.39 is 0 Å². The number of rotatable bonds is 8. The van der Waals surface area contributed by atoms with E-state index in [0.717, 1.165) is 19.4 Å². The van der Waals surface area contributed by atoms with Crippen molar-refractivity contribution in [1.82, 2.24) is 0 Å². The van der Waals surface area contributed by atoms with Crippen LogP contribution in [0.15, 0.2) is 0 Å². The molecule has 0 fully saturated rings. The molecular formula is C9H17NO2. The van der Waals surface area contributed by atoms with E-state index in [0.29, 0.717) is 26.2 Å². The fraction of sp³-hybridized carbons (Fsp3) is 0.889. The maximum atomic E-state index is 8.21. The topological polar surface area (TPSA) is 42.2 Å². The fourth-order valence-corrected chi connectivity index (χ4v) is 0.720. The van der Waals surface area contributed by atoms with Crippen molar-refractivity contribution in [2.45, 2.75) is 26.2 Å². The molecule has 0 saturated carbocycles. The first-order valence-corrected chi connectivity index (χ1v) is 4.44. The molecule has 0 aliphatic rings. The first-order chi connectivity index (χ1) is 5.91. The Balaban J connectivity index is 2.78. The maximum Gasteiger partial charge on any atom is 0.0700 e. The van der Waals surface area contributed by atoms with Crippen molar-refractivity contribution in [3.63, 3.8) is 0 Å². The van der Waals surface area contributed by atoms with Crippen LogP contribution in [0.25, 0.3) is 0 Å². The van der Waals surface area contributed by atoms with Crippen molar-refractivity contribution in [2.75, 3.05) is 26.4 Å². The van der Waals surface area contributed by atoms with Gasteiger partial charge in [0.25, 0.3) is 0 Å². The highest BCUT2D eigenvalue weighted by Crippen LogP contribution is 1.88. The van der Waals surface area contributed by atoms with E-state index in [9.17, 15) is 0 Å². The lowest BCUT2D eigenvalue weighted by Gasteiger charge is -2.02. The summed E-state index contributed by atoms with van der Waals surface area (Å²) in [5.74, 6) is 0. The first-order valence-electron chi connectivity index (χ1n) is 4.44. The molecule has 0 rings (SSSR count). The third-order valence-corrected chi connectivity index (χ3v) is 1.30. The first kappa shape index (κ1) is 11.4. The van der Waals surface area contributed by atoms with Gasteiger partial charge in [-0.2, -0.15) is 5.26 Å². The van der Waals surface area contributed by atoms with Gasteiger partial charge in [0.05, 0.1) is 19.3 Å². The second kappa shape index (κ2) is 10.4. The van der Waals surface area contributed by atoms with Crippen molar-refractivity contribution in [3.05, 3.63) is 0 Å². The summed E-state index contributed by atoms with van der Waals surface area (Å²) in [6.45, 7) is 4.87. The van der Waals surface area contributed by atoms with E-state index >= 15 is 0 Å². The molecule has 0 aliphatic carbocycles. The highest BCUT2D eigenvalue weighted by Gasteiger charge is 1.88. The van der Waals surface area contributed by atoms with E-state index in [1.165, 1.54) is 0 Å². The Kier molecular flexibility index (Phi) is 9.90. The molecule has 70 valence electrons. The van der Waals surface area contributed by atoms with Gasteiger partial charge in [-0.3, -0.25) is 0 Å². The van der Waals surface area contributed by atoms with Crippen LogP contribution in [-0.4, -0.2) is 26.4 Å². The van der Waals surface area contributed by atoms with Gasteiger partial charge in [-0.15, -0.1) is 0 Å². The lowest BCUT2D eigenvalue weighted by Crippen LogP contribution is -2.05. The summed E-state index contributed by atoms with van der Waals surface area (Å²) in [5, 5.41) is 8.21. The molecule has 0 aromatic rings. The molecule has 0 bridgehead atoms. The molecule has 0 radical (unpaired) electrons. The Morgan fingerprint density at radius 2 is 1.75 bits per heavy atom. The minimum atomic E-state index is 0.579. The van der Waals surface area contributed by atoms with Crippen LogP contribution in [0.1, 0.15) is 26.2 Å². The molecule has 0 aromatic carbocycles. The summed E-state index contributed by atoms with van der Waals surface area (Å²) >= 11 is 0. The van der Waals surface area contributed by atoms with Crippen LogP contribution in [-0.2, 0) is 9.47 Å². The molecule has 3 heteroatoms. The van der Waals surface area contributed by atoms with E-state index in [2.05, 4.69) is 13.0 Å². The van der Waals surface area contributed by atoms with Gasteiger partial charge in [-0.25, -0.2) is 0 Å². The van der Waals surface area contributed by atoms with Crippen molar-refractivity contribution in [3.8, 4) is 6.07 Å². The third-order valence-electron chi connectivity index (χ3n) is 1.30. The summed E-state index contributed by atoms with van der Waals surface area (Å²) in [7, 11) is 0. The lowest BCUT2D eigenvalue weighted by molar-refractivity contribution is 0.0475. The van der Waals surface area contributed by atoms with Crippen LogP contribution < -0.4 is 0 Å². The molecule has 0 heterocycles. The summed E-state index contributed by atoms with van der Waals surface area (Å²) in [6, 6.07) is 2.07. The van der Waals surface area contributed by atoms with Crippen molar-refractivity contribution < 1.29 is 9.47 Å². The third kappa shape index (κ3) is 9.41. The van der Waals surface area contributed by atoms with E-state index in [1.54, 1.807) is 0 Å². The largest absolute Gasteiger partial charge is 0.379 e. The molecule has 0 unspecified atom stereocenters. The van der Waals surface area contributed by atoms with Crippen molar-refractivity contribution in [2.24, 2.45) is 0 Å². The van der Waals surface area contributed by atoms with Gasteiger partial charge in [0, 0.05) is 19.6 Å². The Bertz CT molecular complexity index is 120. The zero-order valence-corrected chi connectivity index (χ0v) is 7.71. The van der Waals surface area contributed by atoms with E-state index in [1.807, 2.05) is 0 Å². The molecule has 0 amide bonds. The predicted molar refractivity (Wildman–Crippen MR) is 46.8 cm³/mol. The zero-order valence-electron chi connectivity index (χ0n) is 7.71. The Hall–Kier alpha value is -0.590. The number of unbranched alkanes of at least 4 members (excludes halogenated alkanes) is 1. The van der Waals surface area contributed by atoms with Crippen LogP contribution in [0.5, 0.6) is 0 Å². The van der Waals surface area contributed by atoms with Crippen LogP contribution >= 0.6 is 0 Å². The van der Waals surface area contributed by atoms with Crippen LogP contribution in [0, 0.1) is 11.3 Å². The van der Waals surface area contributed by atoms with Crippen molar-refractivity contribution in [1.29, 1.82) is 5.26 Å². The second-order valence-corrected chi connectivity index (χ2v) is 2.49. The smallest absolute Gasteiger partial charge is 0.0700 e. The fourth-order valence-electron chi connectivity index (χ4n) is 0.720. The summed E-state index contributed by atoms with van der Waals surface area (Å²) in [5.41, 5.74) is 0. The van der Waals surface area contributed by atoms with Gasteiger partial charge in [0.1, 0.15) is 0 Å². The van der Waals surface area contributed by atoms with Gasteiger partial charge in [-0.1, -0.05) is 6.92 Å². The normalized spacial score (nSPS) is 9.67. The SMILES string of the molecule is CCCOCCOCCCC#N. The molecule has 0 atom stereocenters. The lowest BCUT2D eigenvalue weighted by atomic mass is 10.3. The summed E-state index contributed by atoms with van der Waals surface area (Å²) < 4.78 is 10.4. The average molecular weight is 171 g/mol. The summed E-state index contributed by atoms with van der Waals surface area (Å²) in [6.07, 6.45) is 2.45. The minimum absolute atomic E-state index is 0.579. The Morgan fingerprint density at radius 3 is 2.33 bits per heavy atom. The van der Waals surface area contributed by atoms with Gasteiger partial charge in [0.15, 0.2) is 0 Å². The predicted octanol–water partition coefficient (Wildman–Crippen LogP) is 1.73. The molecule has 0 aliphatic heterocycles. The molecule has 3 nitrogen and oxygen atoms in total. The Morgan fingerprint density at radius 1 is 1.08 bits per heavy atom. The standard InChI is InChI=1S/C9H17NO2/c1-2-6-11-8-9-12-7-4-3-5-10/h2-4,6-9H2,1H3. The highest BCUT2D eigenvalue weighted by atomic mass is 16.5. The maximum absolute atomic E-state index is 8.21.